The molecular weight excluding hydrogens is 234 g/mol. The zero-order valence-corrected chi connectivity index (χ0v) is 9.48. The first-order chi connectivity index (χ1) is 8.75. The molecule has 6 heteroatoms. The molecule has 2 aromatic rings. The van der Waals surface area contributed by atoms with Crippen LogP contribution in [0.5, 0.6) is 5.88 Å². The number of aromatic nitrogens is 3. The van der Waals surface area contributed by atoms with E-state index in [0.29, 0.717) is 11.6 Å². The molecule has 18 heavy (non-hydrogen) atoms. The number of nitrogens with zero attached hydrogens (tertiary/aromatic N) is 3. The predicted octanol–water partition coefficient (Wildman–Crippen LogP) is 1.39. The summed E-state index contributed by atoms with van der Waals surface area (Å²) in [5, 5.41) is 8.50. The van der Waals surface area contributed by atoms with Gasteiger partial charge >= 0.3 is 5.97 Å². The van der Waals surface area contributed by atoms with E-state index in [1.807, 2.05) is 12.1 Å². The number of pyridine rings is 1. The third kappa shape index (κ3) is 3.24. The van der Waals surface area contributed by atoms with Gasteiger partial charge in [0.2, 0.25) is 5.88 Å². The van der Waals surface area contributed by atoms with E-state index < -0.39 is 5.97 Å². The maximum atomic E-state index is 10.4. The topological polar surface area (TPSA) is 85.2 Å². The van der Waals surface area contributed by atoms with Crippen LogP contribution in [-0.2, 0) is 4.79 Å². The van der Waals surface area contributed by atoms with Gasteiger partial charge in [0.15, 0.2) is 0 Å². The highest BCUT2D eigenvalue weighted by Crippen LogP contribution is 2.18. The van der Waals surface area contributed by atoms with E-state index in [1.165, 1.54) is 6.33 Å². The van der Waals surface area contributed by atoms with Crippen LogP contribution in [-0.4, -0.2) is 32.6 Å². The molecule has 0 saturated heterocycles. The largest absolute Gasteiger partial charge is 0.481 e. The van der Waals surface area contributed by atoms with Gasteiger partial charge in [0.25, 0.3) is 0 Å². The number of carboxylic acids is 1. The quantitative estimate of drug-likeness (QED) is 0.856. The molecule has 0 radical (unpaired) electrons. The summed E-state index contributed by atoms with van der Waals surface area (Å²) in [7, 11) is 0. The second kappa shape index (κ2) is 5.72. The summed E-state index contributed by atoms with van der Waals surface area (Å²) in [4.78, 5) is 22.4. The van der Waals surface area contributed by atoms with E-state index >= 15 is 0 Å². The summed E-state index contributed by atoms with van der Waals surface area (Å²) in [5.41, 5.74) is 1.53. The average molecular weight is 245 g/mol. The summed E-state index contributed by atoms with van der Waals surface area (Å²) in [6.45, 7) is 0.0822. The Bertz CT molecular complexity index is 531. The summed E-state index contributed by atoms with van der Waals surface area (Å²) in [6, 6.07) is 5.33. The Kier molecular flexibility index (Phi) is 3.80. The van der Waals surface area contributed by atoms with Crippen molar-refractivity contribution in [3.8, 4) is 17.1 Å². The van der Waals surface area contributed by atoms with Crippen molar-refractivity contribution in [3.63, 3.8) is 0 Å². The first kappa shape index (κ1) is 12.0. The maximum Gasteiger partial charge on any atom is 0.306 e. The first-order valence-corrected chi connectivity index (χ1v) is 5.33. The van der Waals surface area contributed by atoms with Gasteiger partial charge in [0.05, 0.1) is 12.1 Å². The van der Waals surface area contributed by atoms with E-state index in [2.05, 4.69) is 15.0 Å². The van der Waals surface area contributed by atoms with Crippen molar-refractivity contribution in [2.24, 2.45) is 0 Å². The zero-order valence-electron chi connectivity index (χ0n) is 9.48. The van der Waals surface area contributed by atoms with Crippen molar-refractivity contribution in [2.45, 2.75) is 6.42 Å². The fourth-order valence-electron chi connectivity index (χ4n) is 1.33. The Morgan fingerprint density at radius 3 is 3.00 bits per heavy atom. The van der Waals surface area contributed by atoms with Gasteiger partial charge in [-0.2, -0.15) is 0 Å². The molecule has 92 valence electrons. The van der Waals surface area contributed by atoms with Crippen LogP contribution < -0.4 is 4.74 Å². The number of carbonyl (C=O) groups is 1. The lowest BCUT2D eigenvalue weighted by Gasteiger charge is -2.04. The molecule has 1 N–H and O–H groups in total. The minimum atomic E-state index is -0.906. The number of rotatable bonds is 5. The Balaban J connectivity index is 2.08. The van der Waals surface area contributed by atoms with Gasteiger partial charge < -0.3 is 9.84 Å². The molecule has 2 aromatic heterocycles. The zero-order chi connectivity index (χ0) is 12.8. The molecule has 0 aliphatic rings. The summed E-state index contributed by atoms with van der Waals surface area (Å²) < 4.78 is 5.23. The first-order valence-electron chi connectivity index (χ1n) is 5.33. The number of hydrogen-bond donors (Lipinski definition) is 1. The van der Waals surface area contributed by atoms with Crippen LogP contribution in [0.3, 0.4) is 0 Å². The van der Waals surface area contributed by atoms with Gasteiger partial charge in [-0.1, -0.05) is 0 Å². The summed E-state index contributed by atoms with van der Waals surface area (Å²) >= 11 is 0. The lowest BCUT2D eigenvalue weighted by molar-refractivity contribution is -0.137. The molecule has 0 atom stereocenters. The Morgan fingerprint density at radius 2 is 2.28 bits per heavy atom. The van der Waals surface area contributed by atoms with Gasteiger partial charge in [0, 0.05) is 24.0 Å². The smallest absolute Gasteiger partial charge is 0.306 e. The predicted molar refractivity (Wildman–Crippen MR) is 63.0 cm³/mol. The SMILES string of the molecule is O=C(O)CCOc1cc(-c2cccnc2)ncn1. The second-order valence-electron chi connectivity index (χ2n) is 3.48. The molecule has 0 aliphatic carbocycles. The molecule has 0 spiro atoms. The van der Waals surface area contributed by atoms with Crippen LogP contribution in [0.25, 0.3) is 11.3 Å². The molecule has 0 unspecified atom stereocenters. The maximum absolute atomic E-state index is 10.4. The van der Waals surface area contributed by atoms with Crippen LogP contribution in [0.2, 0.25) is 0 Å². The molecule has 2 rings (SSSR count). The third-order valence-corrected chi connectivity index (χ3v) is 2.17. The third-order valence-electron chi connectivity index (χ3n) is 2.17. The highest BCUT2D eigenvalue weighted by Gasteiger charge is 2.03. The van der Waals surface area contributed by atoms with Crippen molar-refractivity contribution in [3.05, 3.63) is 36.9 Å². The van der Waals surface area contributed by atoms with Gasteiger partial charge in [-0.3, -0.25) is 9.78 Å². The lowest BCUT2D eigenvalue weighted by Crippen LogP contribution is -2.05. The molecule has 6 nitrogen and oxygen atoms in total. The monoisotopic (exact) mass is 245 g/mol. The Labute approximate surface area is 103 Å². The minimum Gasteiger partial charge on any atom is -0.481 e. The minimum absolute atomic E-state index is 0.0633. The van der Waals surface area contributed by atoms with E-state index in [0.717, 1.165) is 5.56 Å². The standard InChI is InChI=1S/C12H11N3O3/c16-12(17)3-5-18-11-6-10(14-8-15-11)9-2-1-4-13-7-9/h1-2,4,6-8H,3,5H2,(H,16,17). The molecular formula is C12H11N3O3. The van der Waals surface area contributed by atoms with Crippen LogP contribution in [0, 0.1) is 0 Å². The molecule has 0 aliphatic heterocycles. The summed E-state index contributed by atoms with van der Waals surface area (Å²) in [6.07, 6.45) is 4.67. The average Bonchev–Trinajstić information content (AvgIpc) is 2.40. The molecule has 0 bridgehead atoms. The van der Waals surface area contributed by atoms with Gasteiger partial charge in [-0.15, -0.1) is 0 Å². The van der Waals surface area contributed by atoms with Crippen molar-refractivity contribution in [1.82, 2.24) is 15.0 Å². The van der Waals surface area contributed by atoms with Crippen molar-refractivity contribution < 1.29 is 14.6 Å². The van der Waals surface area contributed by atoms with Crippen LogP contribution >= 0.6 is 0 Å². The highest BCUT2D eigenvalue weighted by molar-refractivity contribution is 5.66. The summed E-state index contributed by atoms with van der Waals surface area (Å²) in [5.74, 6) is -0.554. The van der Waals surface area contributed by atoms with Crippen molar-refractivity contribution in [1.29, 1.82) is 0 Å². The Hall–Kier alpha value is -2.50. The number of carboxylic acid groups (broad SMARTS) is 1. The molecule has 0 amide bonds. The fraction of sp³-hybridized carbons (Fsp3) is 0.167. The van der Waals surface area contributed by atoms with E-state index in [4.69, 9.17) is 9.84 Å². The molecule has 0 saturated carbocycles. The highest BCUT2D eigenvalue weighted by atomic mass is 16.5. The van der Waals surface area contributed by atoms with Crippen LogP contribution in [0.1, 0.15) is 6.42 Å². The van der Waals surface area contributed by atoms with Crippen LogP contribution in [0.4, 0.5) is 0 Å². The van der Waals surface area contributed by atoms with Crippen molar-refractivity contribution >= 4 is 5.97 Å². The molecule has 2 heterocycles. The lowest BCUT2D eigenvalue weighted by atomic mass is 10.2. The van der Waals surface area contributed by atoms with Gasteiger partial charge in [-0.25, -0.2) is 9.97 Å². The van der Waals surface area contributed by atoms with E-state index in [9.17, 15) is 4.79 Å². The van der Waals surface area contributed by atoms with Crippen LogP contribution in [0.15, 0.2) is 36.9 Å². The fourth-order valence-corrected chi connectivity index (χ4v) is 1.33. The second-order valence-corrected chi connectivity index (χ2v) is 3.48. The number of hydrogen-bond acceptors (Lipinski definition) is 5. The number of ether oxygens (including phenoxy) is 1. The normalized spacial score (nSPS) is 10.0. The van der Waals surface area contributed by atoms with E-state index in [1.54, 1.807) is 18.5 Å². The van der Waals surface area contributed by atoms with Crippen molar-refractivity contribution in [2.75, 3.05) is 6.61 Å². The van der Waals surface area contributed by atoms with Gasteiger partial charge in [-0.05, 0) is 12.1 Å². The molecule has 0 aromatic carbocycles. The Morgan fingerprint density at radius 1 is 1.39 bits per heavy atom. The van der Waals surface area contributed by atoms with Gasteiger partial charge in [0.1, 0.15) is 12.9 Å². The van der Waals surface area contributed by atoms with E-state index in [-0.39, 0.29) is 13.0 Å². The molecule has 0 fully saturated rings. The number of aliphatic carboxylic acids is 1.